The molecular formula is C48H33NO. The first-order valence-corrected chi connectivity index (χ1v) is 17.0. The van der Waals surface area contributed by atoms with E-state index < -0.39 is 0 Å². The fourth-order valence-corrected chi connectivity index (χ4v) is 6.94. The third kappa shape index (κ3) is 5.53. The molecule has 9 aromatic rings. The second kappa shape index (κ2) is 12.8. The van der Waals surface area contributed by atoms with E-state index in [0.29, 0.717) is 0 Å². The molecular weight excluding hydrogens is 607 g/mol. The van der Waals surface area contributed by atoms with Crippen molar-refractivity contribution in [1.29, 1.82) is 0 Å². The van der Waals surface area contributed by atoms with Crippen LogP contribution in [0, 0.1) is 0 Å². The Morgan fingerprint density at radius 2 is 0.780 bits per heavy atom. The molecule has 236 valence electrons. The number of anilines is 3. The van der Waals surface area contributed by atoms with Gasteiger partial charge >= 0.3 is 0 Å². The summed E-state index contributed by atoms with van der Waals surface area (Å²) in [4.78, 5) is 2.34. The Balaban J connectivity index is 1.26. The van der Waals surface area contributed by atoms with Crippen LogP contribution in [-0.4, -0.2) is 0 Å². The van der Waals surface area contributed by atoms with E-state index in [0.717, 1.165) is 55.7 Å². The van der Waals surface area contributed by atoms with E-state index in [1.165, 1.54) is 27.8 Å². The molecule has 0 spiro atoms. The standard InChI is InChI=1S/C48H33NO/c1-4-13-34(14-5-1)37-23-25-39(26-24-37)41-32-45-44-21-10-11-22-47(44)50-48(45)46(33-41)49(42-29-27-38(28-30-42)35-15-6-2-7-16-35)43-20-12-19-40(31-43)36-17-8-3-9-18-36/h1-33H. The van der Waals surface area contributed by atoms with Crippen LogP contribution in [0.2, 0.25) is 0 Å². The van der Waals surface area contributed by atoms with Gasteiger partial charge in [0.05, 0.1) is 5.69 Å². The molecule has 0 aliphatic rings. The van der Waals surface area contributed by atoms with Crippen molar-refractivity contribution in [1.82, 2.24) is 0 Å². The van der Waals surface area contributed by atoms with Gasteiger partial charge < -0.3 is 9.32 Å². The minimum absolute atomic E-state index is 0.855. The van der Waals surface area contributed by atoms with Gasteiger partial charge in [0.2, 0.25) is 0 Å². The van der Waals surface area contributed by atoms with E-state index in [1.807, 2.05) is 6.07 Å². The highest BCUT2D eigenvalue weighted by Crippen LogP contribution is 2.45. The molecule has 9 rings (SSSR count). The zero-order valence-electron chi connectivity index (χ0n) is 27.4. The van der Waals surface area contributed by atoms with Crippen molar-refractivity contribution in [3.05, 3.63) is 200 Å². The summed E-state index contributed by atoms with van der Waals surface area (Å²) in [7, 11) is 0. The highest BCUT2D eigenvalue weighted by Gasteiger charge is 2.22. The van der Waals surface area contributed by atoms with Crippen LogP contribution in [0.4, 0.5) is 17.1 Å². The molecule has 0 aliphatic heterocycles. The summed E-state index contributed by atoms with van der Waals surface area (Å²) >= 11 is 0. The summed E-state index contributed by atoms with van der Waals surface area (Å²) in [5, 5.41) is 2.19. The van der Waals surface area contributed by atoms with Crippen molar-refractivity contribution in [3.8, 4) is 44.5 Å². The number of hydrogen-bond acceptors (Lipinski definition) is 2. The Kier molecular flexibility index (Phi) is 7.53. The Morgan fingerprint density at radius 3 is 1.40 bits per heavy atom. The van der Waals surface area contributed by atoms with Gasteiger partial charge in [-0.2, -0.15) is 0 Å². The van der Waals surface area contributed by atoms with Crippen molar-refractivity contribution in [2.75, 3.05) is 4.90 Å². The summed E-state index contributed by atoms with van der Waals surface area (Å²) in [6, 6.07) is 71.0. The first-order valence-electron chi connectivity index (χ1n) is 17.0. The normalized spacial score (nSPS) is 11.2. The minimum atomic E-state index is 0.855. The predicted molar refractivity (Wildman–Crippen MR) is 210 cm³/mol. The number of nitrogens with zero attached hydrogens (tertiary/aromatic N) is 1. The summed E-state index contributed by atoms with van der Waals surface area (Å²) in [5.41, 5.74) is 14.2. The van der Waals surface area contributed by atoms with E-state index in [4.69, 9.17) is 4.42 Å². The van der Waals surface area contributed by atoms with Crippen LogP contribution in [-0.2, 0) is 0 Å². The number of furan rings is 1. The van der Waals surface area contributed by atoms with Gasteiger partial charge in [-0.15, -0.1) is 0 Å². The molecule has 0 unspecified atom stereocenters. The SMILES string of the molecule is c1ccc(-c2ccc(-c3cc(N(c4ccc(-c5ccccc5)cc4)c4cccc(-c5ccccc5)c4)c4oc5ccccc5c4c3)cc2)cc1. The zero-order chi connectivity index (χ0) is 33.3. The highest BCUT2D eigenvalue weighted by atomic mass is 16.3. The lowest BCUT2D eigenvalue weighted by molar-refractivity contribution is 0.669. The maximum absolute atomic E-state index is 6.74. The van der Waals surface area contributed by atoms with Crippen LogP contribution >= 0.6 is 0 Å². The summed E-state index contributed by atoms with van der Waals surface area (Å²) in [6.45, 7) is 0. The van der Waals surface area contributed by atoms with E-state index in [1.54, 1.807) is 0 Å². The second-order valence-electron chi connectivity index (χ2n) is 12.6. The summed E-state index contributed by atoms with van der Waals surface area (Å²) in [5.74, 6) is 0. The molecule has 0 fully saturated rings. The van der Waals surface area contributed by atoms with Crippen molar-refractivity contribution in [2.45, 2.75) is 0 Å². The molecule has 0 bridgehead atoms. The first kappa shape index (κ1) is 29.5. The molecule has 2 heteroatoms. The summed E-state index contributed by atoms with van der Waals surface area (Å²) < 4.78 is 6.74. The predicted octanol–water partition coefficient (Wildman–Crippen LogP) is 13.7. The van der Waals surface area contributed by atoms with Gasteiger partial charge in [-0.05, 0) is 87.0 Å². The van der Waals surface area contributed by atoms with E-state index in [9.17, 15) is 0 Å². The monoisotopic (exact) mass is 639 g/mol. The van der Waals surface area contributed by atoms with Gasteiger partial charge in [0.15, 0.2) is 5.58 Å². The van der Waals surface area contributed by atoms with E-state index >= 15 is 0 Å². The van der Waals surface area contributed by atoms with Crippen LogP contribution in [0.3, 0.4) is 0 Å². The average Bonchev–Trinajstić information content (AvgIpc) is 3.58. The summed E-state index contributed by atoms with van der Waals surface area (Å²) in [6.07, 6.45) is 0. The third-order valence-corrected chi connectivity index (χ3v) is 9.47. The number of fused-ring (bicyclic) bond motifs is 3. The Morgan fingerprint density at radius 1 is 0.300 bits per heavy atom. The van der Waals surface area contributed by atoms with Crippen molar-refractivity contribution in [3.63, 3.8) is 0 Å². The van der Waals surface area contributed by atoms with Crippen molar-refractivity contribution < 1.29 is 4.42 Å². The van der Waals surface area contributed by atoms with Gasteiger partial charge in [-0.25, -0.2) is 0 Å². The molecule has 50 heavy (non-hydrogen) atoms. The Bertz CT molecular complexity index is 2550. The average molecular weight is 640 g/mol. The number of rotatable bonds is 7. The maximum atomic E-state index is 6.74. The molecule has 8 aromatic carbocycles. The third-order valence-electron chi connectivity index (χ3n) is 9.47. The fraction of sp³-hybridized carbons (Fsp3) is 0. The minimum Gasteiger partial charge on any atom is -0.454 e. The molecule has 0 saturated carbocycles. The molecule has 2 nitrogen and oxygen atoms in total. The molecule has 0 radical (unpaired) electrons. The number of hydrogen-bond donors (Lipinski definition) is 0. The lowest BCUT2D eigenvalue weighted by Gasteiger charge is -2.27. The van der Waals surface area contributed by atoms with Gasteiger partial charge in [0.1, 0.15) is 5.58 Å². The van der Waals surface area contributed by atoms with Crippen LogP contribution in [0.25, 0.3) is 66.4 Å². The van der Waals surface area contributed by atoms with Gasteiger partial charge in [-0.1, -0.05) is 158 Å². The molecule has 0 saturated heterocycles. The second-order valence-corrected chi connectivity index (χ2v) is 12.6. The molecule has 0 N–H and O–H groups in total. The molecule has 0 amide bonds. The highest BCUT2D eigenvalue weighted by molar-refractivity contribution is 6.12. The number of para-hydroxylation sites is 1. The zero-order valence-corrected chi connectivity index (χ0v) is 27.4. The quantitative estimate of drug-likeness (QED) is 0.173. The van der Waals surface area contributed by atoms with E-state index in [-0.39, 0.29) is 0 Å². The van der Waals surface area contributed by atoms with Crippen LogP contribution in [0.5, 0.6) is 0 Å². The molecule has 1 aromatic heterocycles. The van der Waals surface area contributed by atoms with Crippen molar-refractivity contribution in [2.24, 2.45) is 0 Å². The first-order chi connectivity index (χ1) is 24.8. The Hall–Kier alpha value is -6.64. The maximum Gasteiger partial charge on any atom is 0.159 e. The lowest BCUT2D eigenvalue weighted by Crippen LogP contribution is -2.10. The lowest BCUT2D eigenvalue weighted by atomic mass is 9.97. The topological polar surface area (TPSA) is 16.4 Å². The van der Waals surface area contributed by atoms with Crippen LogP contribution in [0.15, 0.2) is 205 Å². The molecule has 0 atom stereocenters. The van der Waals surface area contributed by atoms with Crippen LogP contribution < -0.4 is 4.90 Å². The molecule has 0 aliphatic carbocycles. The number of benzene rings is 8. The fourth-order valence-electron chi connectivity index (χ4n) is 6.94. The largest absolute Gasteiger partial charge is 0.454 e. The van der Waals surface area contributed by atoms with Crippen LogP contribution in [0.1, 0.15) is 0 Å². The Labute approximate surface area is 292 Å². The smallest absolute Gasteiger partial charge is 0.159 e. The van der Waals surface area contributed by atoms with Gasteiger partial charge in [0, 0.05) is 22.1 Å². The van der Waals surface area contributed by atoms with Crippen molar-refractivity contribution >= 4 is 39.0 Å². The van der Waals surface area contributed by atoms with E-state index in [2.05, 4.69) is 199 Å². The van der Waals surface area contributed by atoms with Gasteiger partial charge in [0.25, 0.3) is 0 Å². The van der Waals surface area contributed by atoms with Gasteiger partial charge in [-0.3, -0.25) is 0 Å². The molecule has 1 heterocycles.